The van der Waals surface area contributed by atoms with E-state index in [0.717, 1.165) is 17.8 Å². The van der Waals surface area contributed by atoms with E-state index in [1.54, 1.807) is 0 Å². The molecule has 4 aromatic carbocycles. The highest BCUT2D eigenvalue weighted by molar-refractivity contribution is 5.65. The third-order valence-electron chi connectivity index (χ3n) is 6.80. The highest BCUT2D eigenvalue weighted by Gasteiger charge is 2.52. The quantitative estimate of drug-likeness (QED) is 0.428. The number of rotatable bonds is 3. The third kappa shape index (κ3) is 2.64. The normalized spacial score (nSPS) is 19.4. The maximum Gasteiger partial charge on any atom is 0.0466 e. The predicted octanol–water partition coefficient (Wildman–Crippen LogP) is 5.90. The van der Waals surface area contributed by atoms with E-state index in [-0.39, 0.29) is 10.8 Å². The van der Waals surface area contributed by atoms with E-state index < -0.39 is 0 Å². The molecule has 0 fully saturated rings. The van der Waals surface area contributed by atoms with Crippen LogP contribution in [0.1, 0.15) is 41.2 Å². The first-order chi connectivity index (χ1) is 14.5. The molecule has 148 valence electrons. The fraction of sp³-hybridized carbons (Fsp3) is 0.143. The van der Waals surface area contributed by atoms with Gasteiger partial charge in [-0.25, -0.2) is 0 Å². The Balaban J connectivity index is 1.85. The molecule has 30 heavy (non-hydrogen) atoms. The molecule has 0 radical (unpaired) electrons. The Morgan fingerprint density at radius 3 is 1.67 bits per heavy atom. The van der Waals surface area contributed by atoms with Crippen molar-refractivity contribution in [1.29, 1.82) is 0 Å². The van der Waals surface area contributed by atoms with Crippen molar-refractivity contribution >= 4 is 11.4 Å². The molecule has 5 rings (SSSR count). The molecule has 4 N–H and O–H groups in total. The van der Waals surface area contributed by atoms with Crippen molar-refractivity contribution in [3.63, 3.8) is 0 Å². The smallest absolute Gasteiger partial charge is 0.0466 e. The third-order valence-corrected chi connectivity index (χ3v) is 6.80. The van der Waals surface area contributed by atoms with Crippen LogP contribution < -0.4 is 11.5 Å². The second kappa shape index (κ2) is 6.77. The van der Waals surface area contributed by atoms with Crippen molar-refractivity contribution in [2.24, 2.45) is 0 Å². The number of nitrogen functional groups attached to an aromatic ring is 2. The molecular weight excluding hydrogens is 364 g/mol. The van der Waals surface area contributed by atoms with Gasteiger partial charge in [0.2, 0.25) is 0 Å². The van der Waals surface area contributed by atoms with Crippen LogP contribution in [0.5, 0.6) is 0 Å². The first-order valence-electron chi connectivity index (χ1n) is 10.4. The second-order valence-corrected chi connectivity index (χ2v) is 8.57. The molecule has 0 saturated carbocycles. The lowest BCUT2D eigenvalue weighted by Crippen LogP contribution is -2.30. The number of hydrogen-bond donors (Lipinski definition) is 2. The fourth-order valence-corrected chi connectivity index (χ4v) is 5.35. The van der Waals surface area contributed by atoms with Gasteiger partial charge in [-0.15, -0.1) is 0 Å². The average molecular weight is 391 g/mol. The zero-order valence-electron chi connectivity index (χ0n) is 17.2. The molecule has 4 aromatic rings. The molecule has 0 spiro atoms. The minimum atomic E-state index is -0.274. The van der Waals surface area contributed by atoms with E-state index in [1.165, 1.54) is 27.8 Å². The van der Waals surface area contributed by atoms with Crippen molar-refractivity contribution < 1.29 is 0 Å². The first-order valence-corrected chi connectivity index (χ1v) is 10.4. The van der Waals surface area contributed by atoms with Gasteiger partial charge in [-0.1, -0.05) is 85.8 Å². The zero-order chi connectivity index (χ0) is 20.8. The molecule has 1 aliphatic rings. The Hall–Kier alpha value is -3.52. The summed E-state index contributed by atoms with van der Waals surface area (Å²) in [5, 5.41) is 0. The summed E-state index contributed by atoms with van der Waals surface area (Å²) in [6.07, 6.45) is 0.927. The molecule has 0 aromatic heterocycles. The Kier molecular flexibility index (Phi) is 4.18. The van der Waals surface area contributed by atoms with Crippen molar-refractivity contribution in [3.05, 3.63) is 131 Å². The van der Waals surface area contributed by atoms with Crippen LogP contribution in [0.4, 0.5) is 11.4 Å². The highest BCUT2D eigenvalue weighted by atomic mass is 14.6. The number of hydrogen-bond acceptors (Lipinski definition) is 2. The van der Waals surface area contributed by atoms with Crippen LogP contribution in [-0.2, 0) is 10.8 Å². The molecule has 2 heteroatoms. The van der Waals surface area contributed by atoms with Crippen LogP contribution in [0, 0.1) is 0 Å². The summed E-state index contributed by atoms with van der Waals surface area (Å²) in [6.45, 7) is 2.35. The molecular formula is C28H26N2. The van der Waals surface area contributed by atoms with E-state index in [4.69, 9.17) is 11.5 Å². The van der Waals surface area contributed by atoms with Gasteiger partial charge in [-0.2, -0.15) is 0 Å². The number of fused-ring (bicyclic) bond motifs is 1. The van der Waals surface area contributed by atoms with Crippen LogP contribution in [0.15, 0.2) is 103 Å². The van der Waals surface area contributed by atoms with Crippen LogP contribution in [0.25, 0.3) is 0 Å². The van der Waals surface area contributed by atoms with Crippen LogP contribution in [0.3, 0.4) is 0 Å². The lowest BCUT2D eigenvalue weighted by Gasteiger charge is -2.35. The van der Waals surface area contributed by atoms with Crippen molar-refractivity contribution in [3.8, 4) is 0 Å². The summed E-state index contributed by atoms with van der Waals surface area (Å²) in [7, 11) is 0. The maximum atomic E-state index is 6.34. The topological polar surface area (TPSA) is 52.0 Å². The Morgan fingerprint density at radius 1 is 0.567 bits per heavy atom. The molecule has 0 aliphatic heterocycles. The minimum Gasteiger partial charge on any atom is -0.399 e. The van der Waals surface area contributed by atoms with E-state index in [0.29, 0.717) is 0 Å². The van der Waals surface area contributed by atoms with Gasteiger partial charge in [0.15, 0.2) is 0 Å². The van der Waals surface area contributed by atoms with Crippen LogP contribution in [0.2, 0.25) is 0 Å². The lowest BCUT2D eigenvalue weighted by atomic mass is 9.67. The zero-order valence-corrected chi connectivity index (χ0v) is 17.2. The van der Waals surface area contributed by atoms with Gasteiger partial charge in [0.05, 0.1) is 0 Å². The van der Waals surface area contributed by atoms with Crippen molar-refractivity contribution in [1.82, 2.24) is 0 Å². The maximum absolute atomic E-state index is 6.34. The van der Waals surface area contributed by atoms with E-state index in [1.807, 2.05) is 18.2 Å². The molecule has 2 nitrogen and oxygen atoms in total. The van der Waals surface area contributed by atoms with Gasteiger partial charge in [0.1, 0.15) is 0 Å². The highest BCUT2D eigenvalue weighted by Crippen LogP contribution is 2.58. The van der Waals surface area contributed by atoms with Crippen molar-refractivity contribution in [2.45, 2.75) is 24.2 Å². The largest absolute Gasteiger partial charge is 0.399 e. The second-order valence-electron chi connectivity index (χ2n) is 8.57. The first kappa shape index (κ1) is 18.5. The van der Waals surface area contributed by atoms with Gasteiger partial charge >= 0.3 is 0 Å². The van der Waals surface area contributed by atoms with Gasteiger partial charge in [0.25, 0.3) is 0 Å². The molecule has 0 saturated heterocycles. The van der Waals surface area contributed by atoms with Gasteiger partial charge in [-0.05, 0) is 58.5 Å². The summed E-state index contributed by atoms with van der Waals surface area (Å²) in [5.41, 5.74) is 20.0. The summed E-state index contributed by atoms with van der Waals surface area (Å²) in [5.74, 6) is 0. The Bertz CT molecular complexity index is 1140. The summed E-state index contributed by atoms with van der Waals surface area (Å²) in [4.78, 5) is 0. The number of benzene rings is 4. The summed E-state index contributed by atoms with van der Waals surface area (Å²) in [6, 6.07) is 36.4. The predicted molar refractivity (Wildman–Crippen MR) is 126 cm³/mol. The Morgan fingerprint density at radius 2 is 1.10 bits per heavy atom. The fourth-order valence-electron chi connectivity index (χ4n) is 5.35. The number of anilines is 2. The molecule has 1 aliphatic carbocycles. The van der Waals surface area contributed by atoms with Crippen molar-refractivity contribution in [2.75, 3.05) is 11.5 Å². The minimum absolute atomic E-state index is 0.164. The Labute approximate surface area is 178 Å². The monoisotopic (exact) mass is 390 g/mol. The molecule has 0 amide bonds. The standard InChI is InChI=1S/C28H26N2/c1-27(20-12-14-23(29)15-13-20)19-28(21-8-4-2-5-9-21,22-10-6-3-7-11-22)26-18-24(30)16-17-25(26)27/h2-18H,19,29-30H2,1H3. The molecule has 1 unspecified atom stereocenters. The molecule has 0 bridgehead atoms. The van der Waals surface area contributed by atoms with E-state index in [9.17, 15) is 0 Å². The lowest BCUT2D eigenvalue weighted by molar-refractivity contribution is 0.473. The van der Waals surface area contributed by atoms with Crippen LogP contribution >= 0.6 is 0 Å². The number of nitrogens with two attached hydrogens (primary N) is 2. The average Bonchev–Trinajstić information content (AvgIpc) is 3.05. The van der Waals surface area contributed by atoms with Gasteiger partial charge in [-0.3, -0.25) is 0 Å². The van der Waals surface area contributed by atoms with Gasteiger partial charge < -0.3 is 11.5 Å². The van der Waals surface area contributed by atoms with E-state index >= 15 is 0 Å². The molecule has 1 atom stereocenters. The van der Waals surface area contributed by atoms with Gasteiger partial charge in [0, 0.05) is 22.2 Å². The SMILES string of the molecule is CC1(c2ccc(N)cc2)CC(c2ccccc2)(c2ccccc2)c2cc(N)ccc21. The summed E-state index contributed by atoms with van der Waals surface area (Å²) < 4.78 is 0. The van der Waals surface area contributed by atoms with Crippen LogP contribution in [-0.4, -0.2) is 0 Å². The summed E-state index contributed by atoms with van der Waals surface area (Å²) >= 11 is 0. The molecule has 0 heterocycles. The van der Waals surface area contributed by atoms with E-state index in [2.05, 4.69) is 91.9 Å².